The van der Waals surface area contributed by atoms with Crippen LogP contribution in [0, 0.1) is 5.82 Å². The molecule has 20 heavy (non-hydrogen) atoms. The molecule has 0 saturated carbocycles. The third-order valence-electron chi connectivity index (χ3n) is 2.85. The number of methoxy groups -OCH3 is 1. The maximum Gasteiger partial charge on any atom is 0.166 e. The minimum atomic E-state index is -0.396. The van der Waals surface area contributed by atoms with Gasteiger partial charge in [0.25, 0.3) is 0 Å². The topological polar surface area (TPSA) is 44.5 Å². The lowest BCUT2D eigenvalue weighted by molar-refractivity contribution is 0.290. The molecule has 0 fully saturated rings. The van der Waals surface area contributed by atoms with E-state index in [1.165, 1.54) is 6.07 Å². The number of ether oxygens (including phenoxy) is 2. The molecule has 0 aliphatic heterocycles. The predicted molar refractivity (Wildman–Crippen MR) is 79.3 cm³/mol. The largest absolute Gasteiger partial charge is 0.496 e. The summed E-state index contributed by atoms with van der Waals surface area (Å²) in [5.41, 5.74) is 7.46. The Morgan fingerprint density at radius 1 is 1.15 bits per heavy atom. The summed E-state index contributed by atoms with van der Waals surface area (Å²) in [5, 5.41) is 0. The van der Waals surface area contributed by atoms with Gasteiger partial charge in [-0.05, 0) is 35.9 Å². The summed E-state index contributed by atoms with van der Waals surface area (Å²) in [6.45, 7) is 0.652. The minimum absolute atomic E-state index is 0.221. The maximum absolute atomic E-state index is 13.6. The normalized spacial score (nSPS) is 10.4. The van der Waals surface area contributed by atoms with Crippen molar-refractivity contribution >= 4 is 15.9 Å². The average Bonchev–Trinajstić information content (AvgIpc) is 2.46. The van der Waals surface area contributed by atoms with Crippen LogP contribution in [0.25, 0.3) is 0 Å². The zero-order chi connectivity index (χ0) is 14.5. The molecular formula is C15H15BrFNO2. The zero-order valence-electron chi connectivity index (χ0n) is 11.0. The van der Waals surface area contributed by atoms with Crippen molar-refractivity contribution in [2.24, 2.45) is 5.73 Å². The van der Waals surface area contributed by atoms with Crippen LogP contribution in [-0.4, -0.2) is 7.11 Å². The molecule has 3 nitrogen and oxygen atoms in total. The van der Waals surface area contributed by atoms with Gasteiger partial charge in [-0.1, -0.05) is 22.0 Å². The number of nitrogens with two attached hydrogens (primary N) is 1. The molecule has 0 unspecified atom stereocenters. The molecule has 0 aromatic heterocycles. The Balaban J connectivity index is 2.10. The molecule has 2 N–H and O–H groups in total. The molecule has 0 aliphatic carbocycles. The van der Waals surface area contributed by atoms with Gasteiger partial charge in [-0.15, -0.1) is 0 Å². The van der Waals surface area contributed by atoms with Crippen molar-refractivity contribution in [1.82, 2.24) is 0 Å². The van der Waals surface area contributed by atoms with Gasteiger partial charge in [0.1, 0.15) is 12.4 Å². The highest BCUT2D eigenvalue weighted by molar-refractivity contribution is 9.10. The average molecular weight is 340 g/mol. The van der Waals surface area contributed by atoms with Crippen LogP contribution < -0.4 is 15.2 Å². The van der Waals surface area contributed by atoms with E-state index in [0.717, 1.165) is 16.9 Å². The Labute approximate surface area is 125 Å². The third-order valence-corrected chi connectivity index (χ3v) is 3.35. The lowest BCUT2D eigenvalue weighted by Gasteiger charge is -2.11. The molecule has 0 atom stereocenters. The van der Waals surface area contributed by atoms with Gasteiger partial charge in [-0.2, -0.15) is 0 Å². The van der Waals surface area contributed by atoms with E-state index in [1.54, 1.807) is 19.2 Å². The van der Waals surface area contributed by atoms with Crippen LogP contribution in [0.1, 0.15) is 11.1 Å². The highest BCUT2D eigenvalue weighted by atomic mass is 79.9. The summed E-state index contributed by atoms with van der Waals surface area (Å²) in [4.78, 5) is 0. The van der Waals surface area contributed by atoms with Gasteiger partial charge in [0.15, 0.2) is 11.6 Å². The van der Waals surface area contributed by atoms with Crippen LogP contribution >= 0.6 is 15.9 Å². The SMILES string of the molecule is COc1ccc(COc2ccc(Br)cc2F)cc1CN. The summed E-state index contributed by atoms with van der Waals surface area (Å²) >= 11 is 3.20. The monoisotopic (exact) mass is 339 g/mol. The van der Waals surface area contributed by atoms with Crippen LogP contribution in [0.3, 0.4) is 0 Å². The molecular weight excluding hydrogens is 325 g/mol. The van der Waals surface area contributed by atoms with Crippen LogP contribution in [-0.2, 0) is 13.2 Å². The van der Waals surface area contributed by atoms with Crippen LogP contribution in [0.5, 0.6) is 11.5 Å². The lowest BCUT2D eigenvalue weighted by Crippen LogP contribution is -2.03. The summed E-state index contributed by atoms with van der Waals surface area (Å²) in [6, 6.07) is 10.3. The Morgan fingerprint density at radius 3 is 2.55 bits per heavy atom. The van der Waals surface area contributed by atoms with Crippen molar-refractivity contribution < 1.29 is 13.9 Å². The molecule has 0 spiro atoms. The Morgan fingerprint density at radius 2 is 1.90 bits per heavy atom. The van der Waals surface area contributed by atoms with E-state index in [-0.39, 0.29) is 12.4 Å². The van der Waals surface area contributed by atoms with Gasteiger partial charge in [0.2, 0.25) is 0 Å². The number of hydrogen-bond donors (Lipinski definition) is 1. The Kier molecular flexibility index (Phi) is 4.98. The van der Waals surface area contributed by atoms with Crippen LogP contribution in [0.2, 0.25) is 0 Å². The van der Waals surface area contributed by atoms with Crippen molar-refractivity contribution in [1.29, 1.82) is 0 Å². The molecule has 0 aliphatic rings. The Hall–Kier alpha value is -1.59. The molecule has 106 valence electrons. The quantitative estimate of drug-likeness (QED) is 0.904. The van der Waals surface area contributed by atoms with E-state index in [9.17, 15) is 4.39 Å². The van der Waals surface area contributed by atoms with Crippen molar-refractivity contribution in [2.45, 2.75) is 13.2 Å². The van der Waals surface area contributed by atoms with E-state index < -0.39 is 5.82 Å². The van der Waals surface area contributed by atoms with E-state index in [4.69, 9.17) is 15.2 Å². The first-order valence-corrected chi connectivity index (χ1v) is 6.87. The first-order chi connectivity index (χ1) is 9.63. The zero-order valence-corrected chi connectivity index (χ0v) is 12.6. The van der Waals surface area contributed by atoms with Crippen LogP contribution in [0.4, 0.5) is 4.39 Å². The fourth-order valence-electron chi connectivity index (χ4n) is 1.83. The summed E-state index contributed by atoms with van der Waals surface area (Å²) in [5.74, 6) is 0.566. The van der Waals surface area contributed by atoms with Gasteiger partial charge < -0.3 is 15.2 Å². The van der Waals surface area contributed by atoms with E-state index in [1.807, 2.05) is 18.2 Å². The summed E-state index contributed by atoms with van der Waals surface area (Å²) < 4.78 is 25.0. The lowest BCUT2D eigenvalue weighted by atomic mass is 10.1. The molecule has 0 amide bonds. The first-order valence-electron chi connectivity index (χ1n) is 6.07. The minimum Gasteiger partial charge on any atom is -0.496 e. The Bertz CT molecular complexity index is 604. The van der Waals surface area contributed by atoms with Gasteiger partial charge >= 0.3 is 0 Å². The van der Waals surface area contributed by atoms with Crippen LogP contribution in [0.15, 0.2) is 40.9 Å². The molecule has 0 heterocycles. The van der Waals surface area contributed by atoms with Crippen molar-refractivity contribution in [3.63, 3.8) is 0 Å². The number of benzene rings is 2. The van der Waals surface area contributed by atoms with Crippen molar-refractivity contribution in [2.75, 3.05) is 7.11 Å². The molecule has 5 heteroatoms. The fraction of sp³-hybridized carbons (Fsp3) is 0.200. The van der Waals surface area contributed by atoms with Gasteiger partial charge in [0.05, 0.1) is 7.11 Å². The van der Waals surface area contributed by atoms with Crippen molar-refractivity contribution in [3.8, 4) is 11.5 Å². The number of hydrogen-bond acceptors (Lipinski definition) is 3. The first kappa shape index (κ1) is 14.8. The molecule has 0 bridgehead atoms. The van der Waals surface area contributed by atoms with Gasteiger partial charge in [-0.25, -0.2) is 4.39 Å². The predicted octanol–water partition coefficient (Wildman–Crippen LogP) is 3.63. The second-order valence-electron chi connectivity index (χ2n) is 4.21. The number of rotatable bonds is 5. The highest BCUT2D eigenvalue weighted by Gasteiger charge is 2.06. The molecule has 2 rings (SSSR count). The van der Waals surface area contributed by atoms with Gasteiger partial charge in [-0.3, -0.25) is 0 Å². The van der Waals surface area contributed by atoms with E-state index >= 15 is 0 Å². The van der Waals surface area contributed by atoms with E-state index in [2.05, 4.69) is 15.9 Å². The number of halogens is 2. The summed E-state index contributed by atoms with van der Waals surface area (Å²) in [6.07, 6.45) is 0. The molecule has 2 aromatic rings. The molecule has 0 saturated heterocycles. The third kappa shape index (κ3) is 3.49. The summed E-state index contributed by atoms with van der Waals surface area (Å²) in [7, 11) is 1.60. The maximum atomic E-state index is 13.6. The smallest absolute Gasteiger partial charge is 0.166 e. The van der Waals surface area contributed by atoms with E-state index in [0.29, 0.717) is 11.0 Å². The van der Waals surface area contributed by atoms with Crippen molar-refractivity contribution in [3.05, 3.63) is 57.8 Å². The molecule has 2 aromatic carbocycles. The second kappa shape index (κ2) is 6.72. The molecule has 0 radical (unpaired) electrons. The second-order valence-corrected chi connectivity index (χ2v) is 5.13. The van der Waals surface area contributed by atoms with Gasteiger partial charge in [0, 0.05) is 16.6 Å². The highest BCUT2D eigenvalue weighted by Crippen LogP contribution is 2.24. The fourth-order valence-corrected chi connectivity index (χ4v) is 2.17. The standard InChI is InChI=1S/C15H15BrFNO2/c1-19-14-4-2-10(6-11(14)8-18)9-20-15-5-3-12(16)7-13(15)17/h2-7H,8-9,18H2,1H3.